The van der Waals surface area contributed by atoms with Crippen LogP contribution in [0.1, 0.15) is 33.3 Å². The van der Waals surface area contributed by atoms with E-state index in [4.69, 9.17) is 5.73 Å². The number of carbonyl (C=O) groups is 2. The molecule has 0 radical (unpaired) electrons. The van der Waals surface area contributed by atoms with Gasteiger partial charge in [0, 0.05) is 13.6 Å². The fourth-order valence-electron chi connectivity index (χ4n) is 2.54. The Labute approximate surface area is 145 Å². The summed E-state index contributed by atoms with van der Waals surface area (Å²) in [6.45, 7) is 8.97. The van der Waals surface area contributed by atoms with Crippen LogP contribution in [0, 0.1) is 11.3 Å². The summed E-state index contributed by atoms with van der Waals surface area (Å²) in [6.07, 6.45) is 0.273. The summed E-state index contributed by atoms with van der Waals surface area (Å²) in [5, 5.41) is 2.89. The van der Waals surface area contributed by atoms with Gasteiger partial charge in [0.25, 0.3) is 0 Å². The first-order chi connectivity index (χ1) is 11.2. The lowest BCUT2D eigenvalue weighted by Gasteiger charge is -2.32. The summed E-state index contributed by atoms with van der Waals surface area (Å²) in [4.78, 5) is 26.7. The number of hydrogen-bond donors (Lipinski definition) is 2. The van der Waals surface area contributed by atoms with E-state index in [-0.39, 0.29) is 29.6 Å². The number of nitrogens with zero attached hydrogens (tertiary/aromatic N) is 1. The SMILES string of the molecule is CC(C)C(NC(=O)Cc1ccccc1)C(=O)N(C)CC(C)(C)CN. The lowest BCUT2D eigenvalue weighted by Crippen LogP contribution is -2.52. The van der Waals surface area contributed by atoms with Gasteiger partial charge in [-0.3, -0.25) is 9.59 Å². The summed E-state index contributed by atoms with van der Waals surface area (Å²) in [6, 6.07) is 8.99. The number of nitrogens with two attached hydrogens (primary N) is 1. The van der Waals surface area contributed by atoms with Crippen molar-refractivity contribution >= 4 is 11.8 Å². The average molecular weight is 333 g/mol. The second-order valence-corrected chi connectivity index (χ2v) is 7.51. The summed E-state index contributed by atoms with van der Waals surface area (Å²) in [5.41, 5.74) is 6.53. The summed E-state index contributed by atoms with van der Waals surface area (Å²) in [5.74, 6) is -0.201. The largest absolute Gasteiger partial charge is 0.344 e. The molecule has 0 aliphatic heterocycles. The van der Waals surface area contributed by atoms with E-state index in [0.29, 0.717) is 13.1 Å². The van der Waals surface area contributed by atoms with E-state index in [1.807, 2.05) is 58.0 Å². The molecule has 1 rings (SSSR count). The zero-order valence-electron chi connectivity index (χ0n) is 15.5. The monoisotopic (exact) mass is 333 g/mol. The first kappa shape index (κ1) is 20.2. The minimum atomic E-state index is -0.528. The molecule has 0 bridgehead atoms. The van der Waals surface area contributed by atoms with Crippen molar-refractivity contribution in [2.24, 2.45) is 17.1 Å². The predicted molar refractivity (Wildman–Crippen MR) is 97.4 cm³/mol. The topological polar surface area (TPSA) is 75.4 Å². The Morgan fingerprint density at radius 2 is 1.79 bits per heavy atom. The fraction of sp³-hybridized carbons (Fsp3) is 0.579. The highest BCUT2D eigenvalue weighted by Gasteiger charge is 2.29. The van der Waals surface area contributed by atoms with Crippen LogP contribution in [0.4, 0.5) is 0 Å². The lowest BCUT2D eigenvalue weighted by atomic mass is 9.92. The molecular weight excluding hydrogens is 302 g/mol. The van der Waals surface area contributed by atoms with Crippen molar-refractivity contribution in [3.63, 3.8) is 0 Å². The van der Waals surface area contributed by atoms with Gasteiger partial charge in [-0.05, 0) is 23.4 Å². The van der Waals surface area contributed by atoms with Gasteiger partial charge in [0.1, 0.15) is 6.04 Å². The Morgan fingerprint density at radius 1 is 1.21 bits per heavy atom. The van der Waals surface area contributed by atoms with Crippen LogP contribution in [-0.2, 0) is 16.0 Å². The molecular formula is C19H31N3O2. The van der Waals surface area contributed by atoms with Gasteiger partial charge < -0.3 is 16.0 Å². The average Bonchev–Trinajstić information content (AvgIpc) is 2.52. The zero-order valence-corrected chi connectivity index (χ0v) is 15.5. The maximum absolute atomic E-state index is 12.7. The van der Waals surface area contributed by atoms with Crippen LogP contribution >= 0.6 is 0 Å². The van der Waals surface area contributed by atoms with Crippen LogP contribution in [-0.4, -0.2) is 42.9 Å². The second kappa shape index (κ2) is 8.83. The lowest BCUT2D eigenvalue weighted by molar-refractivity contribution is -0.137. The Morgan fingerprint density at radius 3 is 2.29 bits per heavy atom. The molecule has 0 heterocycles. The highest BCUT2D eigenvalue weighted by Crippen LogP contribution is 2.16. The van der Waals surface area contributed by atoms with Gasteiger partial charge in [-0.25, -0.2) is 0 Å². The molecule has 0 aliphatic carbocycles. The molecule has 2 amide bonds. The molecule has 3 N–H and O–H groups in total. The maximum Gasteiger partial charge on any atom is 0.245 e. The van der Waals surface area contributed by atoms with Crippen molar-refractivity contribution in [2.45, 2.75) is 40.2 Å². The zero-order chi connectivity index (χ0) is 18.3. The van der Waals surface area contributed by atoms with Gasteiger partial charge in [0.2, 0.25) is 11.8 Å². The van der Waals surface area contributed by atoms with Gasteiger partial charge in [-0.1, -0.05) is 58.0 Å². The molecule has 1 aromatic carbocycles. The van der Waals surface area contributed by atoms with Crippen LogP contribution in [0.5, 0.6) is 0 Å². The number of hydrogen-bond acceptors (Lipinski definition) is 3. The van der Waals surface area contributed by atoms with Crippen LogP contribution in [0.15, 0.2) is 30.3 Å². The predicted octanol–water partition coefficient (Wildman–Crippen LogP) is 1.81. The highest BCUT2D eigenvalue weighted by molar-refractivity contribution is 5.88. The molecule has 0 saturated heterocycles. The van der Waals surface area contributed by atoms with E-state index >= 15 is 0 Å². The van der Waals surface area contributed by atoms with Crippen molar-refractivity contribution in [2.75, 3.05) is 20.1 Å². The Bertz CT molecular complexity index is 541. The number of nitrogens with one attached hydrogen (secondary N) is 1. The standard InChI is InChI=1S/C19H31N3O2/c1-14(2)17(18(24)22(5)13-19(3,4)12-20)21-16(23)11-15-9-7-6-8-10-15/h6-10,14,17H,11-13,20H2,1-5H3,(H,21,23). The summed E-state index contributed by atoms with van der Waals surface area (Å²) < 4.78 is 0. The highest BCUT2D eigenvalue weighted by atomic mass is 16.2. The quantitative estimate of drug-likeness (QED) is 0.762. The van der Waals surface area contributed by atoms with Crippen molar-refractivity contribution in [1.29, 1.82) is 0 Å². The molecule has 1 atom stereocenters. The molecule has 0 saturated carbocycles. The normalized spacial score (nSPS) is 12.8. The van der Waals surface area contributed by atoms with Gasteiger partial charge in [-0.15, -0.1) is 0 Å². The first-order valence-corrected chi connectivity index (χ1v) is 8.44. The number of carbonyl (C=O) groups excluding carboxylic acids is 2. The van der Waals surface area contributed by atoms with Crippen molar-refractivity contribution in [3.05, 3.63) is 35.9 Å². The van der Waals surface area contributed by atoms with Gasteiger partial charge >= 0.3 is 0 Å². The molecule has 0 spiro atoms. The Balaban J connectivity index is 2.72. The minimum absolute atomic E-state index is 0.0145. The molecule has 134 valence electrons. The Hall–Kier alpha value is -1.88. The van der Waals surface area contributed by atoms with Crippen LogP contribution in [0.2, 0.25) is 0 Å². The summed E-state index contributed by atoms with van der Waals surface area (Å²) in [7, 11) is 1.76. The van der Waals surface area contributed by atoms with Gasteiger partial charge in [0.05, 0.1) is 6.42 Å². The number of rotatable bonds is 8. The maximum atomic E-state index is 12.7. The van der Waals surface area contributed by atoms with Crippen molar-refractivity contribution < 1.29 is 9.59 Å². The fourth-order valence-corrected chi connectivity index (χ4v) is 2.54. The smallest absolute Gasteiger partial charge is 0.245 e. The van der Waals surface area contributed by atoms with Gasteiger partial charge in [-0.2, -0.15) is 0 Å². The second-order valence-electron chi connectivity index (χ2n) is 7.51. The number of amides is 2. The third-order valence-electron chi connectivity index (χ3n) is 4.05. The molecule has 5 nitrogen and oxygen atoms in total. The van der Waals surface area contributed by atoms with E-state index in [0.717, 1.165) is 5.56 Å². The van der Waals surface area contributed by atoms with Crippen molar-refractivity contribution in [3.8, 4) is 0 Å². The molecule has 5 heteroatoms. The van der Waals surface area contributed by atoms with Crippen LogP contribution < -0.4 is 11.1 Å². The minimum Gasteiger partial charge on any atom is -0.344 e. The third-order valence-corrected chi connectivity index (χ3v) is 4.05. The van der Waals surface area contributed by atoms with Gasteiger partial charge in [0.15, 0.2) is 0 Å². The molecule has 0 fully saturated rings. The molecule has 1 aromatic rings. The molecule has 0 aliphatic rings. The van der Waals surface area contributed by atoms with E-state index in [1.165, 1.54) is 0 Å². The van der Waals surface area contributed by atoms with Crippen LogP contribution in [0.3, 0.4) is 0 Å². The molecule has 0 aromatic heterocycles. The Kier molecular flexibility index (Phi) is 7.42. The molecule has 1 unspecified atom stereocenters. The van der Waals surface area contributed by atoms with E-state index in [1.54, 1.807) is 11.9 Å². The van der Waals surface area contributed by atoms with E-state index < -0.39 is 6.04 Å². The number of likely N-dealkylation sites (N-methyl/N-ethyl adjacent to an activating group) is 1. The van der Waals surface area contributed by atoms with E-state index in [2.05, 4.69) is 5.32 Å². The first-order valence-electron chi connectivity index (χ1n) is 8.44. The third kappa shape index (κ3) is 6.32. The number of benzene rings is 1. The molecule has 24 heavy (non-hydrogen) atoms. The summed E-state index contributed by atoms with van der Waals surface area (Å²) >= 11 is 0. The van der Waals surface area contributed by atoms with Crippen molar-refractivity contribution in [1.82, 2.24) is 10.2 Å². The van der Waals surface area contributed by atoms with Crippen LogP contribution in [0.25, 0.3) is 0 Å². The van der Waals surface area contributed by atoms with E-state index in [9.17, 15) is 9.59 Å².